The van der Waals surface area contributed by atoms with E-state index in [2.05, 4.69) is 32.7 Å². The van der Waals surface area contributed by atoms with Crippen LogP contribution in [0.5, 0.6) is 0 Å². The van der Waals surface area contributed by atoms with Crippen LogP contribution in [0.2, 0.25) is 0 Å². The third kappa shape index (κ3) is 3.56. The number of hydrogen-bond donors (Lipinski definition) is 0. The standard InChI is InChI=1S/C15H21BrN2O/c1-11-10-17-7-6-14(11)15(19)18-8-4-3-5-13(18)9-12(2)16/h6-7,10,12-13H,3-5,8-9H2,1-2H3. The molecule has 0 spiro atoms. The van der Waals surface area contributed by atoms with Crippen molar-refractivity contribution in [2.45, 2.75) is 50.4 Å². The van der Waals surface area contributed by atoms with E-state index in [0.29, 0.717) is 10.9 Å². The molecule has 2 rings (SSSR count). The molecule has 2 atom stereocenters. The second-order valence-electron chi connectivity index (χ2n) is 5.36. The summed E-state index contributed by atoms with van der Waals surface area (Å²) in [5.41, 5.74) is 1.76. The molecule has 0 aromatic carbocycles. The average Bonchev–Trinajstić information content (AvgIpc) is 2.38. The molecule has 1 fully saturated rings. The summed E-state index contributed by atoms with van der Waals surface area (Å²) >= 11 is 3.61. The van der Waals surface area contributed by atoms with E-state index in [1.807, 2.05) is 13.0 Å². The number of likely N-dealkylation sites (tertiary alicyclic amines) is 1. The molecule has 3 nitrogen and oxygen atoms in total. The molecular formula is C15H21BrN2O. The number of carbonyl (C=O) groups is 1. The molecule has 0 radical (unpaired) electrons. The van der Waals surface area contributed by atoms with Crippen LogP contribution in [0.1, 0.15) is 48.5 Å². The van der Waals surface area contributed by atoms with Gasteiger partial charge in [-0.05, 0) is 44.2 Å². The smallest absolute Gasteiger partial charge is 0.254 e. The van der Waals surface area contributed by atoms with Gasteiger partial charge in [-0.25, -0.2) is 0 Å². The molecule has 0 bridgehead atoms. The predicted molar refractivity (Wildman–Crippen MR) is 80.7 cm³/mol. The average molecular weight is 325 g/mol. The Kier molecular flexibility index (Phi) is 4.97. The summed E-state index contributed by atoms with van der Waals surface area (Å²) in [7, 11) is 0. The number of aromatic nitrogens is 1. The van der Waals surface area contributed by atoms with Gasteiger partial charge in [-0.15, -0.1) is 0 Å². The quantitative estimate of drug-likeness (QED) is 0.796. The first-order chi connectivity index (χ1) is 9.09. The molecule has 1 aromatic heterocycles. The molecule has 2 heterocycles. The van der Waals surface area contributed by atoms with Gasteiger partial charge in [-0.1, -0.05) is 22.9 Å². The number of rotatable bonds is 3. The maximum Gasteiger partial charge on any atom is 0.254 e. The molecule has 4 heteroatoms. The highest BCUT2D eigenvalue weighted by atomic mass is 79.9. The largest absolute Gasteiger partial charge is 0.336 e. The van der Waals surface area contributed by atoms with Crippen molar-refractivity contribution in [3.8, 4) is 0 Å². The topological polar surface area (TPSA) is 33.2 Å². The van der Waals surface area contributed by atoms with Crippen LogP contribution in [0, 0.1) is 6.92 Å². The monoisotopic (exact) mass is 324 g/mol. The minimum Gasteiger partial charge on any atom is -0.336 e. The van der Waals surface area contributed by atoms with Gasteiger partial charge in [0.25, 0.3) is 5.91 Å². The highest BCUT2D eigenvalue weighted by Crippen LogP contribution is 2.25. The lowest BCUT2D eigenvalue weighted by Crippen LogP contribution is -2.44. The molecule has 0 N–H and O–H groups in total. The Bertz CT molecular complexity index is 448. The lowest BCUT2D eigenvalue weighted by molar-refractivity contribution is 0.0602. The van der Waals surface area contributed by atoms with Gasteiger partial charge in [0, 0.05) is 35.4 Å². The highest BCUT2D eigenvalue weighted by molar-refractivity contribution is 9.09. The minimum atomic E-state index is 0.165. The molecule has 1 aliphatic heterocycles. The molecule has 2 unspecified atom stereocenters. The van der Waals surface area contributed by atoms with Gasteiger partial charge >= 0.3 is 0 Å². The van der Waals surface area contributed by atoms with Crippen molar-refractivity contribution in [1.82, 2.24) is 9.88 Å². The molecule has 1 amide bonds. The van der Waals surface area contributed by atoms with Crippen molar-refractivity contribution in [1.29, 1.82) is 0 Å². The molecule has 1 saturated heterocycles. The zero-order chi connectivity index (χ0) is 13.8. The van der Waals surface area contributed by atoms with E-state index < -0.39 is 0 Å². The van der Waals surface area contributed by atoms with E-state index in [4.69, 9.17) is 0 Å². The van der Waals surface area contributed by atoms with E-state index in [1.165, 1.54) is 6.42 Å². The van der Waals surface area contributed by atoms with Crippen LogP contribution in [-0.2, 0) is 0 Å². The normalized spacial score (nSPS) is 21.2. The molecule has 104 valence electrons. The van der Waals surface area contributed by atoms with Crippen LogP contribution in [0.3, 0.4) is 0 Å². The first kappa shape index (κ1) is 14.5. The van der Waals surface area contributed by atoms with E-state index in [0.717, 1.165) is 36.9 Å². The summed E-state index contributed by atoms with van der Waals surface area (Å²) in [5, 5.41) is 0. The lowest BCUT2D eigenvalue weighted by Gasteiger charge is -2.36. The lowest BCUT2D eigenvalue weighted by atomic mass is 9.96. The fraction of sp³-hybridized carbons (Fsp3) is 0.600. The van der Waals surface area contributed by atoms with Gasteiger partial charge in [0.1, 0.15) is 0 Å². The number of piperidine rings is 1. The molecule has 0 aliphatic carbocycles. The molecule has 1 aliphatic rings. The first-order valence-electron chi connectivity index (χ1n) is 6.95. The van der Waals surface area contributed by atoms with Crippen LogP contribution in [0.4, 0.5) is 0 Å². The Balaban J connectivity index is 2.18. The fourth-order valence-electron chi connectivity index (χ4n) is 2.76. The van der Waals surface area contributed by atoms with Crippen LogP contribution >= 0.6 is 15.9 Å². The predicted octanol–water partition coefficient (Wildman–Crippen LogP) is 3.56. The minimum absolute atomic E-state index is 0.165. The number of hydrogen-bond acceptors (Lipinski definition) is 2. The highest BCUT2D eigenvalue weighted by Gasteiger charge is 2.28. The SMILES string of the molecule is Cc1cnccc1C(=O)N1CCCCC1CC(C)Br. The van der Waals surface area contributed by atoms with E-state index >= 15 is 0 Å². The Labute approximate surface area is 123 Å². The summed E-state index contributed by atoms with van der Waals surface area (Å²) in [4.78, 5) is 19.3. The first-order valence-corrected chi connectivity index (χ1v) is 7.87. The van der Waals surface area contributed by atoms with E-state index in [1.54, 1.807) is 12.4 Å². The van der Waals surface area contributed by atoms with Crippen molar-refractivity contribution >= 4 is 21.8 Å². The van der Waals surface area contributed by atoms with Crippen LogP contribution in [-0.4, -0.2) is 33.2 Å². The zero-order valence-corrected chi connectivity index (χ0v) is 13.2. The summed E-state index contributed by atoms with van der Waals surface area (Å²) in [6, 6.07) is 2.20. The van der Waals surface area contributed by atoms with E-state index in [9.17, 15) is 4.79 Å². The van der Waals surface area contributed by atoms with Gasteiger partial charge in [-0.2, -0.15) is 0 Å². The van der Waals surface area contributed by atoms with Crippen LogP contribution in [0.15, 0.2) is 18.5 Å². The number of nitrogens with zero attached hydrogens (tertiary/aromatic N) is 2. The fourth-order valence-corrected chi connectivity index (χ4v) is 3.19. The number of pyridine rings is 1. The third-order valence-electron chi connectivity index (χ3n) is 3.74. The molecular weight excluding hydrogens is 304 g/mol. The second kappa shape index (κ2) is 6.51. The van der Waals surface area contributed by atoms with Crippen molar-refractivity contribution in [3.63, 3.8) is 0 Å². The Morgan fingerprint density at radius 3 is 3.05 bits per heavy atom. The maximum absolute atomic E-state index is 12.7. The van der Waals surface area contributed by atoms with Gasteiger partial charge in [0.05, 0.1) is 0 Å². The van der Waals surface area contributed by atoms with Crippen LogP contribution in [0.25, 0.3) is 0 Å². The van der Waals surface area contributed by atoms with Gasteiger partial charge < -0.3 is 4.90 Å². The Hall–Kier alpha value is -0.900. The summed E-state index contributed by atoms with van der Waals surface area (Å²) < 4.78 is 0. The van der Waals surface area contributed by atoms with Gasteiger partial charge in [0.2, 0.25) is 0 Å². The van der Waals surface area contributed by atoms with Crippen LogP contribution < -0.4 is 0 Å². The molecule has 0 saturated carbocycles. The second-order valence-corrected chi connectivity index (χ2v) is 6.92. The summed E-state index contributed by atoms with van der Waals surface area (Å²) in [5.74, 6) is 0.165. The number of halogens is 1. The Morgan fingerprint density at radius 2 is 2.37 bits per heavy atom. The molecule has 1 aromatic rings. The van der Waals surface area contributed by atoms with Gasteiger partial charge in [0.15, 0.2) is 0 Å². The zero-order valence-electron chi connectivity index (χ0n) is 11.6. The number of alkyl halides is 1. The van der Waals surface area contributed by atoms with Crippen molar-refractivity contribution in [3.05, 3.63) is 29.6 Å². The third-order valence-corrected chi connectivity index (χ3v) is 4.11. The van der Waals surface area contributed by atoms with Crippen molar-refractivity contribution < 1.29 is 4.79 Å². The van der Waals surface area contributed by atoms with Crippen molar-refractivity contribution in [2.24, 2.45) is 0 Å². The van der Waals surface area contributed by atoms with Gasteiger partial charge in [-0.3, -0.25) is 9.78 Å². The number of carbonyl (C=O) groups excluding carboxylic acids is 1. The summed E-state index contributed by atoms with van der Waals surface area (Å²) in [6.07, 6.45) is 7.94. The molecule has 19 heavy (non-hydrogen) atoms. The number of aryl methyl sites for hydroxylation is 1. The maximum atomic E-state index is 12.7. The Morgan fingerprint density at radius 1 is 1.58 bits per heavy atom. The number of amides is 1. The van der Waals surface area contributed by atoms with E-state index in [-0.39, 0.29) is 5.91 Å². The van der Waals surface area contributed by atoms with Crippen molar-refractivity contribution in [2.75, 3.05) is 6.54 Å². The summed E-state index contributed by atoms with van der Waals surface area (Å²) in [6.45, 7) is 4.98.